The molecule has 0 aliphatic heterocycles. The second-order valence-corrected chi connectivity index (χ2v) is 13.4. The monoisotopic (exact) mass is 656 g/mol. The van der Waals surface area contributed by atoms with Crippen LogP contribution >= 0.6 is 0 Å². The molecule has 0 radical (unpaired) electrons. The second kappa shape index (κ2) is 17.0. The Hall–Kier alpha value is -5.08. The van der Waals surface area contributed by atoms with Crippen molar-refractivity contribution < 1.29 is 0 Å². The number of hydrogen-bond acceptors (Lipinski definition) is 2. The van der Waals surface area contributed by atoms with Gasteiger partial charge >= 0.3 is 0 Å². The third-order valence-electron chi connectivity index (χ3n) is 10.2. The van der Waals surface area contributed by atoms with Gasteiger partial charge in [-0.3, -0.25) is 0 Å². The minimum absolute atomic E-state index is 0.606. The Labute approximate surface area is 301 Å². The van der Waals surface area contributed by atoms with E-state index < -0.39 is 0 Å². The highest BCUT2D eigenvalue weighted by Crippen LogP contribution is 2.39. The van der Waals surface area contributed by atoms with Crippen LogP contribution < -0.4 is 9.80 Å². The number of unbranched alkanes of at least 4 members (excludes halogenated alkanes) is 1. The molecule has 0 amide bonds. The van der Waals surface area contributed by atoms with Gasteiger partial charge in [0.1, 0.15) is 0 Å². The summed E-state index contributed by atoms with van der Waals surface area (Å²) in [6.07, 6.45) is 7.29. The predicted molar refractivity (Wildman–Crippen MR) is 217 cm³/mol. The average Bonchev–Trinajstić information content (AvgIpc) is 3.18. The lowest BCUT2D eigenvalue weighted by atomic mass is 9.91. The van der Waals surface area contributed by atoms with Gasteiger partial charge in [-0.05, 0) is 133 Å². The minimum atomic E-state index is 0.606. The summed E-state index contributed by atoms with van der Waals surface area (Å²) in [6, 6.07) is 57.7. The number of nitrogens with zero attached hydrogens (tertiary/aromatic N) is 2. The van der Waals surface area contributed by atoms with Crippen LogP contribution in [0.2, 0.25) is 0 Å². The van der Waals surface area contributed by atoms with E-state index in [4.69, 9.17) is 0 Å². The maximum Gasteiger partial charge on any atom is 0.0462 e. The van der Waals surface area contributed by atoms with Crippen molar-refractivity contribution >= 4 is 34.1 Å². The molecule has 0 saturated carbocycles. The van der Waals surface area contributed by atoms with Gasteiger partial charge in [-0.25, -0.2) is 0 Å². The van der Waals surface area contributed by atoms with Gasteiger partial charge in [-0.1, -0.05) is 125 Å². The van der Waals surface area contributed by atoms with Crippen molar-refractivity contribution in [3.8, 4) is 11.1 Å². The fraction of sp³-hybridized carbons (Fsp3) is 0.250. The first-order valence-corrected chi connectivity index (χ1v) is 18.7. The Bertz CT molecular complexity index is 1860. The van der Waals surface area contributed by atoms with Gasteiger partial charge in [0.15, 0.2) is 0 Å². The van der Waals surface area contributed by atoms with Crippen LogP contribution in [0.3, 0.4) is 0 Å². The minimum Gasteiger partial charge on any atom is -0.311 e. The largest absolute Gasteiger partial charge is 0.311 e. The van der Waals surface area contributed by atoms with Gasteiger partial charge in [-0.2, -0.15) is 0 Å². The Kier molecular flexibility index (Phi) is 11.8. The van der Waals surface area contributed by atoms with Crippen LogP contribution in [0.25, 0.3) is 11.1 Å². The lowest BCUT2D eigenvalue weighted by Crippen LogP contribution is -2.10. The molecule has 50 heavy (non-hydrogen) atoms. The molecular formula is C48H52N2. The first-order valence-electron chi connectivity index (χ1n) is 18.7. The first-order chi connectivity index (χ1) is 24.6. The third kappa shape index (κ3) is 8.03. The van der Waals surface area contributed by atoms with Gasteiger partial charge in [0.2, 0.25) is 0 Å². The van der Waals surface area contributed by atoms with Crippen molar-refractivity contribution in [2.75, 3.05) is 9.80 Å². The summed E-state index contributed by atoms with van der Waals surface area (Å²) in [5.74, 6) is 1.23. The van der Waals surface area contributed by atoms with Gasteiger partial charge in [0, 0.05) is 34.1 Å². The van der Waals surface area contributed by atoms with E-state index in [2.05, 4.69) is 195 Å². The third-order valence-corrected chi connectivity index (χ3v) is 10.2. The number of benzene rings is 6. The second-order valence-electron chi connectivity index (χ2n) is 13.4. The molecule has 0 aromatic heterocycles. The highest BCUT2D eigenvalue weighted by molar-refractivity contribution is 5.80. The van der Waals surface area contributed by atoms with Crippen LogP contribution in [-0.4, -0.2) is 0 Å². The van der Waals surface area contributed by atoms with Gasteiger partial charge < -0.3 is 9.80 Å². The average molecular weight is 657 g/mol. The molecule has 1 unspecified atom stereocenters. The van der Waals surface area contributed by atoms with Crippen LogP contribution in [0.5, 0.6) is 0 Å². The standard InChI is InChI=1S/C48H52N2/c1-5-9-16-38(8-4)40-23-31-46(32-24-40)50(44-19-14-11-15-20-44)48-35-27-42(28-36-48)41-25-33-47(34-26-41)49(43-17-12-10-13-18-43)45-29-21-39(22-30-45)37(6-2)7-3/h10-15,17-38H,5-9,16H2,1-4H3. The molecule has 6 aromatic rings. The fourth-order valence-corrected chi connectivity index (χ4v) is 7.26. The summed E-state index contributed by atoms with van der Waals surface area (Å²) >= 11 is 0. The maximum atomic E-state index is 2.36. The zero-order valence-corrected chi connectivity index (χ0v) is 30.3. The lowest BCUT2D eigenvalue weighted by Gasteiger charge is -2.27. The molecule has 2 nitrogen and oxygen atoms in total. The molecule has 0 aliphatic rings. The Morgan fingerprint density at radius 1 is 0.360 bits per heavy atom. The lowest BCUT2D eigenvalue weighted by molar-refractivity contribution is 0.570. The number of hydrogen-bond donors (Lipinski definition) is 0. The van der Waals surface area contributed by atoms with E-state index in [-0.39, 0.29) is 0 Å². The van der Waals surface area contributed by atoms with Gasteiger partial charge in [-0.15, -0.1) is 0 Å². The normalized spacial score (nSPS) is 11.8. The Balaban J connectivity index is 1.27. The van der Waals surface area contributed by atoms with Crippen LogP contribution in [0.1, 0.15) is 89.2 Å². The van der Waals surface area contributed by atoms with Crippen molar-refractivity contribution in [2.45, 2.75) is 78.1 Å². The number of anilines is 6. The molecule has 0 fully saturated rings. The molecule has 254 valence electrons. The highest BCUT2D eigenvalue weighted by Gasteiger charge is 2.16. The van der Waals surface area contributed by atoms with E-state index in [0.717, 1.165) is 35.6 Å². The van der Waals surface area contributed by atoms with Crippen molar-refractivity contribution in [1.29, 1.82) is 0 Å². The van der Waals surface area contributed by atoms with E-state index in [1.165, 1.54) is 59.3 Å². The zero-order chi connectivity index (χ0) is 34.7. The Morgan fingerprint density at radius 2 is 0.680 bits per heavy atom. The molecule has 0 aliphatic carbocycles. The molecule has 0 bridgehead atoms. The predicted octanol–water partition coefficient (Wildman–Crippen LogP) is 14.9. The van der Waals surface area contributed by atoms with E-state index >= 15 is 0 Å². The van der Waals surface area contributed by atoms with Crippen LogP contribution in [0, 0.1) is 0 Å². The van der Waals surface area contributed by atoms with Crippen molar-refractivity contribution in [2.24, 2.45) is 0 Å². The van der Waals surface area contributed by atoms with Crippen LogP contribution in [0.4, 0.5) is 34.1 Å². The molecule has 0 saturated heterocycles. The van der Waals surface area contributed by atoms with Crippen molar-refractivity contribution in [3.63, 3.8) is 0 Å². The first kappa shape index (κ1) is 34.8. The number of para-hydroxylation sites is 2. The molecule has 0 spiro atoms. The topological polar surface area (TPSA) is 6.48 Å². The molecule has 2 heteroatoms. The van der Waals surface area contributed by atoms with E-state index in [1.807, 2.05) is 0 Å². The van der Waals surface area contributed by atoms with E-state index in [0.29, 0.717) is 11.8 Å². The van der Waals surface area contributed by atoms with Crippen LogP contribution in [0.15, 0.2) is 158 Å². The summed E-state index contributed by atoms with van der Waals surface area (Å²) in [6.45, 7) is 9.15. The Morgan fingerprint density at radius 3 is 1.02 bits per heavy atom. The smallest absolute Gasteiger partial charge is 0.0462 e. The van der Waals surface area contributed by atoms with E-state index in [9.17, 15) is 0 Å². The SMILES string of the molecule is CCCCC(CC)c1ccc(N(c2ccccc2)c2ccc(-c3ccc(N(c4ccccc4)c4ccc(C(CC)CC)cc4)cc3)cc2)cc1. The molecule has 1 atom stereocenters. The summed E-state index contributed by atoms with van der Waals surface area (Å²) in [4.78, 5) is 4.70. The van der Waals surface area contributed by atoms with Gasteiger partial charge in [0.25, 0.3) is 0 Å². The van der Waals surface area contributed by atoms with E-state index in [1.54, 1.807) is 0 Å². The molecule has 0 N–H and O–H groups in total. The molecular weight excluding hydrogens is 605 g/mol. The molecule has 6 aromatic carbocycles. The molecule has 6 rings (SSSR count). The van der Waals surface area contributed by atoms with Crippen molar-refractivity contribution in [3.05, 3.63) is 169 Å². The van der Waals surface area contributed by atoms with Gasteiger partial charge in [0.05, 0.1) is 0 Å². The highest BCUT2D eigenvalue weighted by atomic mass is 15.1. The summed E-state index contributed by atoms with van der Waals surface area (Å²) in [5, 5.41) is 0. The number of rotatable bonds is 15. The summed E-state index contributed by atoms with van der Waals surface area (Å²) < 4.78 is 0. The zero-order valence-electron chi connectivity index (χ0n) is 30.3. The summed E-state index contributed by atoms with van der Waals surface area (Å²) in [7, 11) is 0. The molecule has 0 heterocycles. The maximum absolute atomic E-state index is 2.36. The van der Waals surface area contributed by atoms with Crippen LogP contribution in [-0.2, 0) is 0 Å². The fourth-order valence-electron chi connectivity index (χ4n) is 7.26. The summed E-state index contributed by atoms with van der Waals surface area (Å²) in [5.41, 5.74) is 12.2. The quantitative estimate of drug-likeness (QED) is 0.109. The van der Waals surface area contributed by atoms with Crippen molar-refractivity contribution in [1.82, 2.24) is 0 Å².